The molecule has 1 aromatic heterocycles. The predicted molar refractivity (Wildman–Crippen MR) is 74.5 cm³/mol. The smallest absolute Gasteiger partial charge is 0.171 e. The second-order valence-corrected chi connectivity index (χ2v) is 6.39. The van der Waals surface area contributed by atoms with E-state index in [9.17, 15) is 4.39 Å². The molecule has 0 spiro atoms. The second-order valence-electron chi connectivity index (χ2n) is 6.39. The maximum absolute atomic E-state index is 14.1. The van der Waals surface area contributed by atoms with Gasteiger partial charge in [-0.25, -0.2) is 9.37 Å². The molecule has 2 rings (SSSR count). The first kappa shape index (κ1) is 14.3. The van der Waals surface area contributed by atoms with Crippen molar-refractivity contribution < 1.29 is 9.50 Å². The maximum atomic E-state index is 14.1. The highest BCUT2D eigenvalue weighted by atomic mass is 19.1. The highest BCUT2D eigenvalue weighted by Crippen LogP contribution is 2.35. The Morgan fingerprint density at radius 2 is 2.00 bits per heavy atom. The summed E-state index contributed by atoms with van der Waals surface area (Å²) >= 11 is 0. The van der Waals surface area contributed by atoms with Gasteiger partial charge in [0.2, 0.25) is 0 Å². The summed E-state index contributed by atoms with van der Waals surface area (Å²) in [4.78, 5) is 6.13. The summed E-state index contributed by atoms with van der Waals surface area (Å²) in [7, 11) is 0. The lowest BCUT2D eigenvalue weighted by molar-refractivity contribution is 0.198. The average Bonchev–Trinajstić information content (AvgIpc) is 2.38. The minimum Gasteiger partial charge on any atom is -0.392 e. The number of hydrogen-bond donors (Lipinski definition) is 1. The number of halogens is 1. The molecule has 19 heavy (non-hydrogen) atoms. The first-order valence-electron chi connectivity index (χ1n) is 6.92. The third-order valence-corrected chi connectivity index (χ3v) is 4.14. The van der Waals surface area contributed by atoms with Gasteiger partial charge in [0.25, 0.3) is 0 Å². The Bertz CT molecular complexity index is 434. The van der Waals surface area contributed by atoms with Crippen LogP contribution in [0.5, 0.6) is 0 Å². The zero-order chi connectivity index (χ0) is 14.0. The van der Waals surface area contributed by atoms with Crippen LogP contribution in [0.4, 0.5) is 10.2 Å². The average molecular weight is 266 g/mol. The minimum atomic E-state index is -0.376. The second kappa shape index (κ2) is 5.45. The third kappa shape index (κ3) is 3.06. The Hall–Kier alpha value is -1.16. The van der Waals surface area contributed by atoms with E-state index in [1.165, 1.54) is 6.07 Å². The summed E-state index contributed by atoms with van der Waals surface area (Å²) in [5.74, 6) is 0.686. The van der Waals surface area contributed by atoms with E-state index in [0.29, 0.717) is 22.7 Å². The molecule has 1 aromatic rings. The van der Waals surface area contributed by atoms with Gasteiger partial charge in [-0.15, -0.1) is 0 Å². The van der Waals surface area contributed by atoms with Crippen molar-refractivity contribution in [3.05, 3.63) is 23.6 Å². The summed E-state index contributed by atoms with van der Waals surface area (Å²) in [5, 5.41) is 9.10. The number of piperidine rings is 1. The van der Waals surface area contributed by atoms with Crippen LogP contribution >= 0.6 is 0 Å². The molecule has 0 radical (unpaired) electrons. The van der Waals surface area contributed by atoms with Crippen molar-refractivity contribution in [2.24, 2.45) is 11.3 Å². The van der Waals surface area contributed by atoms with Crippen LogP contribution in [0.3, 0.4) is 0 Å². The molecule has 1 aliphatic heterocycles. The molecule has 0 aliphatic carbocycles. The van der Waals surface area contributed by atoms with Crippen molar-refractivity contribution in [3.8, 4) is 0 Å². The lowest BCUT2D eigenvalue weighted by atomic mass is 9.75. The van der Waals surface area contributed by atoms with Crippen LogP contribution in [0.2, 0.25) is 0 Å². The molecule has 1 saturated heterocycles. The molecule has 106 valence electrons. The lowest BCUT2D eigenvalue weighted by Crippen LogP contribution is -2.39. The zero-order valence-corrected chi connectivity index (χ0v) is 12.0. The molecule has 3 nitrogen and oxygen atoms in total. The van der Waals surface area contributed by atoms with Crippen LogP contribution in [-0.2, 0) is 6.61 Å². The van der Waals surface area contributed by atoms with E-state index in [0.717, 1.165) is 25.9 Å². The number of aliphatic hydroxyl groups excluding tert-OH is 1. The van der Waals surface area contributed by atoms with Gasteiger partial charge in [-0.2, -0.15) is 0 Å². The summed E-state index contributed by atoms with van der Waals surface area (Å²) in [6.45, 7) is 8.18. The van der Waals surface area contributed by atoms with E-state index in [-0.39, 0.29) is 12.4 Å². The van der Waals surface area contributed by atoms with E-state index in [4.69, 9.17) is 5.11 Å². The monoisotopic (exact) mass is 266 g/mol. The van der Waals surface area contributed by atoms with Crippen molar-refractivity contribution in [3.63, 3.8) is 0 Å². The maximum Gasteiger partial charge on any atom is 0.171 e. The number of hydrogen-bond acceptors (Lipinski definition) is 3. The van der Waals surface area contributed by atoms with Gasteiger partial charge in [-0.05, 0) is 30.2 Å². The van der Waals surface area contributed by atoms with E-state index in [2.05, 4.69) is 25.8 Å². The first-order chi connectivity index (χ1) is 8.93. The molecule has 0 bridgehead atoms. The number of aromatic nitrogens is 1. The molecule has 1 fully saturated rings. The van der Waals surface area contributed by atoms with Gasteiger partial charge in [-0.3, -0.25) is 0 Å². The third-order valence-electron chi connectivity index (χ3n) is 4.14. The molecule has 0 amide bonds. The molecule has 0 unspecified atom stereocenters. The fourth-order valence-electron chi connectivity index (χ4n) is 2.77. The zero-order valence-electron chi connectivity index (χ0n) is 12.0. The number of anilines is 1. The molecular weight excluding hydrogens is 243 g/mol. The topological polar surface area (TPSA) is 36.4 Å². The standard InChI is InChI=1S/C15H23FN2O/c1-15(2,3)12-5-8-18(9-6-12)14-13(16)11(10-19)4-7-17-14/h4,7,12,19H,5-6,8-10H2,1-3H3. The predicted octanol–water partition coefficient (Wildman–Crippen LogP) is 2.98. The molecule has 0 saturated carbocycles. The fourth-order valence-corrected chi connectivity index (χ4v) is 2.77. The van der Waals surface area contributed by atoms with Crippen molar-refractivity contribution in [1.82, 2.24) is 4.98 Å². The Morgan fingerprint density at radius 3 is 2.53 bits per heavy atom. The Morgan fingerprint density at radius 1 is 1.37 bits per heavy atom. The van der Waals surface area contributed by atoms with Gasteiger partial charge in [0, 0.05) is 24.8 Å². The normalized spacial score (nSPS) is 17.8. The van der Waals surface area contributed by atoms with E-state index < -0.39 is 0 Å². The van der Waals surface area contributed by atoms with Crippen LogP contribution < -0.4 is 4.90 Å². The Labute approximate surface area is 114 Å². The molecule has 1 N–H and O–H groups in total. The Kier molecular flexibility index (Phi) is 4.09. The van der Waals surface area contributed by atoms with Crippen molar-refractivity contribution in [2.45, 2.75) is 40.2 Å². The van der Waals surface area contributed by atoms with Crippen LogP contribution in [0.25, 0.3) is 0 Å². The SMILES string of the molecule is CC(C)(C)C1CCN(c2nccc(CO)c2F)CC1. The molecule has 0 atom stereocenters. The molecular formula is C15H23FN2O. The molecule has 0 aromatic carbocycles. The largest absolute Gasteiger partial charge is 0.392 e. The fraction of sp³-hybridized carbons (Fsp3) is 0.667. The van der Waals surface area contributed by atoms with Gasteiger partial charge in [0.15, 0.2) is 11.6 Å². The highest BCUT2D eigenvalue weighted by Gasteiger charge is 2.30. The number of aliphatic hydroxyl groups is 1. The summed E-state index contributed by atoms with van der Waals surface area (Å²) in [6.07, 6.45) is 3.70. The van der Waals surface area contributed by atoms with Gasteiger partial charge in [0.1, 0.15) is 0 Å². The highest BCUT2D eigenvalue weighted by molar-refractivity contribution is 5.43. The van der Waals surface area contributed by atoms with Gasteiger partial charge in [0.05, 0.1) is 6.61 Å². The number of nitrogens with zero attached hydrogens (tertiary/aromatic N) is 2. The van der Waals surface area contributed by atoms with Crippen molar-refractivity contribution in [2.75, 3.05) is 18.0 Å². The van der Waals surface area contributed by atoms with Gasteiger partial charge >= 0.3 is 0 Å². The number of pyridine rings is 1. The van der Waals surface area contributed by atoms with Crippen LogP contribution in [0, 0.1) is 17.2 Å². The molecule has 2 heterocycles. The van der Waals surface area contributed by atoms with Crippen molar-refractivity contribution >= 4 is 5.82 Å². The van der Waals surface area contributed by atoms with E-state index in [1.807, 2.05) is 4.90 Å². The van der Waals surface area contributed by atoms with Crippen molar-refractivity contribution in [1.29, 1.82) is 0 Å². The quantitative estimate of drug-likeness (QED) is 0.894. The first-order valence-corrected chi connectivity index (χ1v) is 6.92. The van der Waals surface area contributed by atoms with Crippen LogP contribution in [0.1, 0.15) is 39.2 Å². The summed E-state index contributed by atoms with van der Waals surface area (Å²) in [6, 6.07) is 1.53. The van der Waals surface area contributed by atoms with E-state index in [1.54, 1.807) is 6.20 Å². The minimum absolute atomic E-state index is 0.278. The summed E-state index contributed by atoms with van der Waals surface area (Å²) in [5.41, 5.74) is 0.633. The molecule has 1 aliphatic rings. The van der Waals surface area contributed by atoms with E-state index >= 15 is 0 Å². The van der Waals surface area contributed by atoms with Gasteiger partial charge < -0.3 is 10.0 Å². The Balaban J connectivity index is 2.10. The molecule has 4 heteroatoms. The lowest BCUT2D eigenvalue weighted by Gasteiger charge is -2.39. The summed E-state index contributed by atoms with van der Waals surface area (Å²) < 4.78 is 14.1. The van der Waals surface area contributed by atoms with Crippen LogP contribution in [0.15, 0.2) is 12.3 Å². The number of rotatable bonds is 2. The van der Waals surface area contributed by atoms with Crippen LogP contribution in [-0.4, -0.2) is 23.2 Å². The van der Waals surface area contributed by atoms with Gasteiger partial charge in [-0.1, -0.05) is 20.8 Å².